The minimum Gasteiger partial charge on any atom is -0.496 e. The molecule has 0 bridgehead atoms. The Morgan fingerprint density at radius 3 is 2.50 bits per heavy atom. The minimum absolute atomic E-state index is 0.539. The first-order valence-electron chi connectivity index (χ1n) is 6.91. The number of nitrogens with zero attached hydrogens (tertiary/aromatic N) is 1. The Labute approximate surface area is 110 Å². The normalized spacial score (nSPS) is 17.4. The molecule has 1 aliphatic rings. The zero-order chi connectivity index (χ0) is 12.8. The molecule has 3 nitrogen and oxygen atoms in total. The molecule has 0 amide bonds. The van der Waals surface area contributed by atoms with Crippen LogP contribution in [0.5, 0.6) is 5.75 Å². The summed E-state index contributed by atoms with van der Waals surface area (Å²) in [6.07, 6.45) is 5.43. The Hall–Kier alpha value is -1.06. The topological polar surface area (TPSA) is 38.5 Å². The molecule has 18 heavy (non-hydrogen) atoms. The summed E-state index contributed by atoms with van der Waals surface area (Å²) in [6, 6.07) is 6.38. The van der Waals surface area contributed by atoms with E-state index in [2.05, 4.69) is 17.0 Å². The van der Waals surface area contributed by atoms with E-state index in [1.54, 1.807) is 7.11 Å². The highest BCUT2D eigenvalue weighted by Crippen LogP contribution is 2.21. The average molecular weight is 248 g/mol. The Morgan fingerprint density at radius 2 is 1.89 bits per heavy atom. The highest BCUT2D eigenvalue weighted by molar-refractivity contribution is 5.37. The second-order valence-corrected chi connectivity index (χ2v) is 5.04. The maximum absolute atomic E-state index is 5.76. The Balaban J connectivity index is 2.03. The lowest BCUT2D eigenvalue weighted by molar-refractivity contribution is 0.277. The van der Waals surface area contributed by atoms with Crippen LogP contribution in [0, 0.1) is 0 Å². The number of rotatable bonds is 4. The summed E-state index contributed by atoms with van der Waals surface area (Å²) >= 11 is 0. The lowest BCUT2D eigenvalue weighted by Crippen LogP contribution is -2.24. The summed E-state index contributed by atoms with van der Waals surface area (Å²) in [5.41, 5.74) is 8.21. The van der Waals surface area contributed by atoms with Crippen LogP contribution >= 0.6 is 0 Å². The Bertz CT molecular complexity index is 371. The number of hydrogen-bond acceptors (Lipinski definition) is 3. The molecule has 1 fully saturated rings. The molecule has 1 saturated heterocycles. The highest BCUT2D eigenvalue weighted by Gasteiger charge is 2.10. The van der Waals surface area contributed by atoms with Crippen LogP contribution in [-0.2, 0) is 13.1 Å². The number of ether oxygens (including phenoxy) is 1. The molecule has 100 valence electrons. The molecule has 0 saturated carbocycles. The van der Waals surface area contributed by atoms with E-state index in [1.165, 1.54) is 44.3 Å². The maximum atomic E-state index is 5.76. The van der Waals surface area contributed by atoms with Crippen LogP contribution in [0.4, 0.5) is 0 Å². The van der Waals surface area contributed by atoms with Crippen molar-refractivity contribution < 1.29 is 4.74 Å². The molecule has 0 aromatic heterocycles. The predicted octanol–water partition coefficient (Wildman–Crippen LogP) is 2.53. The van der Waals surface area contributed by atoms with E-state index in [4.69, 9.17) is 10.5 Å². The number of hydrogen-bond donors (Lipinski definition) is 1. The molecule has 0 radical (unpaired) electrons. The van der Waals surface area contributed by atoms with Gasteiger partial charge in [-0.3, -0.25) is 4.90 Å². The zero-order valence-electron chi connectivity index (χ0n) is 11.3. The van der Waals surface area contributed by atoms with Crippen molar-refractivity contribution >= 4 is 0 Å². The molecule has 3 heteroatoms. The SMILES string of the molecule is COc1ccc(CN2CCCCCC2)cc1CN. The van der Waals surface area contributed by atoms with Crippen molar-refractivity contribution in [2.24, 2.45) is 5.73 Å². The van der Waals surface area contributed by atoms with E-state index in [9.17, 15) is 0 Å². The van der Waals surface area contributed by atoms with Crippen molar-refractivity contribution in [2.45, 2.75) is 38.8 Å². The third kappa shape index (κ3) is 3.47. The zero-order valence-corrected chi connectivity index (χ0v) is 11.3. The Morgan fingerprint density at radius 1 is 1.17 bits per heavy atom. The van der Waals surface area contributed by atoms with E-state index >= 15 is 0 Å². The first-order chi connectivity index (χ1) is 8.83. The van der Waals surface area contributed by atoms with E-state index < -0.39 is 0 Å². The molecule has 2 rings (SSSR count). The van der Waals surface area contributed by atoms with Crippen LogP contribution in [0.1, 0.15) is 36.8 Å². The monoisotopic (exact) mass is 248 g/mol. The predicted molar refractivity (Wildman–Crippen MR) is 74.6 cm³/mol. The van der Waals surface area contributed by atoms with Crippen molar-refractivity contribution in [3.63, 3.8) is 0 Å². The van der Waals surface area contributed by atoms with Crippen molar-refractivity contribution in [1.82, 2.24) is 4.90 Å². The smallest absolute Gasteiger partial charge is 0.123 e. The number of nitrogens with two attached hydrogens (primary N) is 1. The standard InChI is InChI=1S/C15H24N2O/c1-18-15-7-6-13(10-14(15)11-16)12-17-8-4-2-3-5-9-17/h6-7,10H,2-5,8-9,11-12,16H2,1H3. The summed E-state index contributed by atoms with van der Waals surface area (Å²) in [5, 5.41) is 0. The van der Waals surface area contributed by atoms with Gasteiger partial charge in [-0.1, -0.05) is 18.9 Å². The first kappa shape index (κ1) is 13.4. The molecule has 1 aromatic rings. The summed E-state index contributed by atoms with van der Waals surface area (Å²) in [5.74, 6) is 0.900. The van der Waals surface area contributed by atoms with Gasteiger partial charge in [0.05, 0.1) is 7.11 Å². The molecule has 1 aliphatic heterocycles. The van der Waals surface area contributed by atoms with E-state index in [0.29, 0.717) is 6.54 Å². The van der Waals surface area contributed by atoms with Gasteiger partial charge < -0.3 is 10.5 Å². The van der Waals surface area contributed by atoms with Gasteiger partial charge in [-0.2, -0.15) is 0 Å². The Kier molecular flexibility index (Phi) is 5.02. The maximum Gasteiger partial charge on any atom is 0.123 e. The van der Waals surface area contributed by atoms with Crippen LogP contribution in [0.2, 0.25) is 0 Å². The van der Waals surface area contributed by atoms with Gasteiger partial charge in [-0.05, 0) is 43.6 Å². The second-order valence-electron chi connectivity index (χ2n) is 5.04. The van der Waals surface area contributed by atoms with Gasteiger partial charge in [0.2, 0.25) is 0 Å². The van der Waals surface area contributed by atoms with Crippen LogP contribution in [0.25, 0.3) is 0 Å². The van der Waals surface area contributed by atoms with Gasteiger partial charge in [0.1, 0.15) is 5.75 Å². The van der Waals surface area contributed by atoms with Crippen LogP contribution in [-0.4, -0.2) is 25.1 Å². The van der Waals surface area contributed by atoms with E-state index in [0.717, 1.165) is 17.9 Å². The second kappa shape index (κ2) is 6.76. The van der Waals surface area contributed by atoms with Crippen LogP contribution in [0.15, 0.2) is 18.2 Å². The summed E-state index contributed by atoms with van der Waals surface area (Å²) in [7, 11) is 1.70. The van der Waals surface area contributed by atoms with Gasteiger partial charge in [-0.15, -0.1) is 0 Å². The highest BCUT2D eigenvalue weighted by atomic mass is 16.5. The summed E-state index contributed by atoms with van der Waals surface area (Å²) in [4.78, 5) is 2.55. The molecule has 0 spiro atoms. The van der Waals surface area contributed by atoms with Gasteiger partial charge in [0, 0.05) is 18.7 Å². The van der Waals surface area contributed by atoms with E-state index in [1.807, 2.05) is 6.07 Å². The fourth-order valence-corrected chi connectivity index (χ4v) is 2.64. The minimum atomic E-state index is 0.539. The quantitative estimate of drug-likeness (QED) is 0.890. The van der Waals surface area contributed by atoms with E-state index in [-0.39, 0.29) is 0 Å². The lowest BCUT2D eigenvalue weighted by Gasteiger charge is -2.20. The fraction of sp³-hybridized carbons (Fsp3) is 0.600. The first-order valence-corrected chi connectivity index (χ1v) is 6.91. The van der Waals surface area contributed by atoms with Crippen molar-refractivity contribution in [1.29, 1.82) is 0 Å². The van der Waals surface area contributed by atoms with Crippen molar-refractivity contribution in [3.05, 3.63) is 29.3 Å². The number of likely N-dealkylation sites (tertiary alicyclic amines) is 1. The average Bonchev–Trinajstić information content (AvgIpc) is 2.67. The molecule has 0 atom stereocenters. The van der Waals surface area contributed by atoms with Crippen molar-refractivity contribution in [2.75, 3.05) is 20.2 Å². The molecular formula is C15H24N2O. The molecular weight excluding hydrogens is 224 g/mol. The molecule has 0 aliphatic carbocycles. The summed E-state index contributed by atoms with van der Waals surface area (Å²) < 4.78 is 5.31. The lowest BCUT2D eigenvalue weighted by atomic mass is 10.1. The van der Waals surface area contributed by atoms with Crippen LogP contribution in [0.3, 0.4) is 0 Å². The third-order valence-corrected chi connectivity index (χ3v) is 3.67. The summed E-state index contributed by atoms with van der Waals surface area (Å²) in [6.45, 7) is 4.03. The van der Waals surface area contributed by atoms with Gasteiger partial charge in [-0.25, -0.2) is 0 Å². The largest absolute Gasteiger partial charge is 0.496 e. The fourth-order valence-electron chi connectivity index (χ4n) is 2.64. The molecule has 0 unspecified atom stereocenters. The van der Waals surface area contributed by atoms with Gasteiger partial charge >= 0.3 is 0 Å². The van der Waals surface area contributed by atoms with Gasteiger partial charge in [0.15, 0.2) is 0 Å². The molecule has 2 N–H and O–H groups in total. The van der Waals surface area contributed by atoms with Crippen molar-refractivity contribution in [3.8, 4) is 5.75 Å². The number of benzene rings is 1. The number of methoxy groups -OCH3 is 1. The molecule has 1 aromatic carbocycles. The molecule has 1 heterocycles. The van der Waals surface area contributed by atoms with Gasteiger partial charge in [0.25, 0.3) is 0 Å². The third-order valence-electron chi connectivity index (χ3n) is 3.67. The van der Waals surface area contributed by atoms with Crippen LogP contribution < -0.4 is 10.5 Å².